The normalized spacial score (nSPS) is 17.7. The molecule has 0 spiro atoms. The topological polar surface area (TPSA) is 121 Å². The molecule has 1 aliphatic carbocycles. The summed E-state index contributed by atoms with van der Waals surface area (Å²) in [7, 11) is 0. The van der Waals surface area contributed by atoms with Gasteiger partial charge in [0.1, 0.15) is 17.1 Å². The van der Waals surface area contributed by atoms with Crippen LogP contribution >= 0.6 is 0 Å². The second-order valence-electron chi connectivity index (χ2n) is 15.6. The number of rotatable bonds is 15. The first-order chi connectivity index (χ1) is 27.1. The number of anilines is 1. The second kappa shape index (κ2) is 17.0. The summed E-state index contributed by atoms with van der Waals surface area (Å²) in [5.41, 5.74) is -0.00807. The Bertz CT molecular complexity index is 2300. The van der Waals surface area contributed by atoms with Crippen LogP contribution in [0.2, 0.25) is 0 Å². The third-order valence-corrected chi connectivity index (χ3v) is 11.9. The SMILES string of the molecule is CCC(C)[C@H](CC(=O)Cc1ccccc1F)C(=O)N[C@]1(C(=O)C[C@@H](C(=O)Nc2ccc3ncccc3c2)C(C)CC)CCc2[nH]c3c(C(F)(F)F)cccc3c2C1. The number of fused-ring (bicyclic) bond motifs is 4. The van der Waals surface area contributed by atoms with E-state index in [1.165, 1.54) is 24.3 Å². The predicted molar refractivity (Wildman–Crippen MR) is 212 cm³/mol. The molecule has 300 valence electrons. The first-order valence-corrected chi connectivity index (χ1v) is 19.6. The summed E-state index contributed by atoms with van der Waals surface area (Å²) in [6.45, 7) is 7.51. The van der Waals surface area contributed by atoms with E-state index in [4.69, 9.17) is 0 Å². The van der Waals surface area contributed by atoms with Crippen LogP contribution in [-0.2, 0) is 44.6 Å². The number of carbonyl (C=O) groups is 4. The zero-order valence-electron chi connectivity index (χ0n) is 32.6. The minimum atomic E-state index is -4.63. The van der Waals surface area contributed by atoms with Crippen LogP contribution in [0.3, 0.4) is 0 Å². The minimum absolute atomic E-state index is 0.0572. The molecule has 2 unspecified atom stereocenters. The van der Waals surface area contributed by atoms with Crippen LogP contribution in [0.1, 0.15) is 82.2 Å². The number of halogens is 4. The Hall–Kier alpha value is -5.39. The molecule has 0 saturated heterocycles. The molecular formula is C45H48F4N4O4. The Labute approximate surface area is 329 Å². The number of amides is 2. The number of hydrogen-bond acceptors (Lipinski definition) is 5. The number of aromatic nitrogens is 2. The molecule has 0 bridgehead atoms. The Morgan fingerprint density at radius 2 is 1.60 bits per heavy atom. The van der Waals surface area contributed by atoms with E-state index in [0.717, 1.165) is 17.0 Å². The van der Waals surface area contributed by atoms with Crippen molar-refractivity contribution in [1.82, 2.24) is 15.3 Å². The van der Waals surface area contributed by atoms with Crippen molar-refractivity contribution in [3.63, 3.8) is 0 Å². The van der Waals surface area contributed by atoms with Gasteiger partial charge in [-0.15, -0.1) is 0 Å². The first-order valence-electron chi connectivity index (χ1n) is 19.6. The lowest BCUT2D eigenvalue weighted by Crippen LogP contribution is -2.60. The predicted octanol–water partition coefficient (Wildman–Crippen LogP) is 9.34. The fraction of sp³-hybridized carbons (Fsp3) is 0.400. The van der Waals surface area contributed by atoms with E-state index in [1.54, 1.807) is 42.6 Å². The van der Waals surface area contributed by atoms with Crippen LogP contribution in [0, 0.1) is 29.5 Å². The quantitative estimate of drug-likeness (QED) is 0.0915. The number of pyridine rings is 1. The number of carbonyl (C=O) groups excluding carboxylic acids is 4. The van der Waals surface area contributed by atoms with Gasteiger partial charge in [0.05, 0.1) is 16.6 Å². The van der Waals surface area contributed by atoms with E-state index in [1.807, 2.05) is 33.8 Å². The Morgan fingerprint density at radius 1 is 0.877 bits per heavy atom. The summed E-state index contributed by atoms with van der Waals surface area (Å²) in [4.78, 5) is 64.2. The summed E-state index contributed by atoms with van der Waals surface area (Å²) in [5.74, 6) is -4.47. The van der Waals surface area contributed by atoms with E-state index in [9.17, 15) is 36.7 Å². The number of benzene rings is 3. The highest BCUT2D eigenvalue weighted by molar-refractivity contribution is 6.01. The number of aromatic amines is 1. The van der Waals surface area contributed by atoms with Gasteiger partial charge in [-0.05, 0) is 72.2 Å². The van der Waals surface area contributed by atoms with Crippen molar-refractivity contribution in [1.29, 1.82) is 0 Å². The molecule has 3 aromatic carbocycles. The molecule has 6 rings (SSSR count). The molecule has 1 aliphatic rings. The standard InChI is InChI=1S/C45H48F4N4O4/c1-5-26(3)33(23-31(54)22-28-11-7-8-15-37(28)46)43(57)53-44(19-18-39-35(25-44)32-13-9-14-36(41(32)52-39)45(47,48)49)40(55)24-34(27(4)6-2)42(56)51-30-16-17-38-29(21-30)12-10-20-50-38/h7-17,20-21,26-27,33-34,52H,5-6,18-19,22-25H2,1-4H3,(H,51,56)(H,53,57)/t26?,27?,33-,34+,44+/m0/s1. The van der Waals surface area contributed by atoms with Gasteiger partial charge in [-0.25, -0.2) is 4.39 Å². The molecule has 5 atom stereocenters. The molecule has 57 heavy (non-hydrogen) atoms. The molecule has 0 fully saturated rings. The van der Waals surface area contributed by atoms with Gasteiger partial charge in [-0.2, -0.15) is 13.2 Å². The lowest BCUT2D eigenvalue weighted by atomic mass is 9.72. The van der Waals surface area contributed by atoms with Gasteiger partial charge in [0.25, 0.3) is 0 Å². The first kappa shape index (κ1) is 41.2. The van der Waals surface area contributed by atoms with Crippen LogP contribution in [0.5, 0.6) is 0 Å². The molecule has 0 radical (unpaired) electrons. The van der Waals surface area contributed by atoms with Crippen LogP contribution < -0.4 is 10.6 Å². The zero-order chi connectivity index (χ0) is 41.1. The summed E-state index contributed by atoms with van der Waals surface area (Å²) in [5, 5.41) is 7.14. The number of hydrogen-bond donors (Lipinski definition) is 3. The molecule has 3 N–H and O–H groups in total. The van der Waals surface area contributed by atoms with Crippen molar-refractivity contribution in [2.24, 2.45) is 23.7 Å². The van der Waals surface area contributed by atoms with Gasteiger partial charge in [0.2, 0.25) is 11.8 Å². The van der Waals surface area contributed by atoms with Crippen molar-refractivity contribution in [3.8, 4) is 0 Å². The Balaban J connectivity index is 1.34. The fourth-order valence-corrected chi connectivity index (χ4v) is 8.08. The number of Topliss-reactive ketones (excluding diaryl/α,β-unsaturated/α-hetero) is 2. The highest BCUT2D eigenvalue weighted by Crippen LogP contribution is 2.41. The molecule has 8 nitrogen and oxygen atoms in total. The number of H-pyrrole nitrogens is 1. The zero-order valence-corrected chi connectivity index (χ0v) is 32.6. The molecule has 2 amide bonds. The number of para-hydroxylation sites is 1. The summed E-state index contributed by atoms with van der Waals surface area (Å²) < 4.78 is 56.9. The molecule has 5 aromatic rings. The van der Waals surface area contributed by atoms with E-state index < -0.39 is 46.6 Å². The maximum atomic E-state index is 15.0. The average molecular weight is 785 g/mol. The number of alkyl halides is 3. The third-order valence-electron chi connectivity index (χ3n) is 11.9. The highest BCUT2D eigenvalue weighted by Gasteiger charge is 2.47. The largest absolute Gasteiger partial charge is 0.418 e. The number of aryl methyl sites for hydroxylation is 1. The maximum Gasteiger partial charge on any atom is 0.418 e. The van der Waals surface area contributed by atoms with Crippen LogP contribution in [-0.4, -0.2) is 38.9 Å². The van der Waals surface area contributed by atoms with E-state index in [0.29, 0.717) is 35.2 Å². The van der Waals surface area contributed by atoms with Crippen molar-refractivity contribution in [2.75, 3.05) is 5.32 Å². The van der Waals surface area contributed by atoms with Gasteiger partial charge < -0.3 is 15.6 Å². The molecule has 2 heterocycles. The molecule has 0 aliphatic heterocycles. The maximum absolute atomic E-state index is 15.0. The summed E-state index contributed by atoms with van der Waals surface area (Å²) in [6.07, 6.45) is -2.43. The number of nitrogens with one attached hydrogen (secondary N) is 3. The Kier molecular flexibility index (Phi) is 12.3. The molecule has 0 saturated carbocycles. The van der Waals surface area contributed by atoms with E-state index in [-0.39, 0.29) is 73.1 Å². The lowest BCUT2D eigenvalue weighted by Gasteiger charge is -2.39. The van der Waals surface area contributed by atoms with Gasteiger partial charge in [-0.3, -0.25) is 24.2 Å². The van der Waals surface area contributed by atoms with Gasteiger partial charge in [0, 0.05) is 65.9 Å². The highest BCUT2D eigenvalue weighted by atomic mass is 19.4. The lowest BCUT2D eigenvalue weighted by molar-refractivity contribution is -0.138. The van der Waals surface area contributed by atoms with E-state index >= 15 is 0 Å². The second-order valence-corrected chi connectivity index (χ2v) is 15.6. The molecular weight excluding hydrogens is 737 g/mol. The van der Waals surface area contributed by atoms with Crippen molar-refractivity contribution < 1.29 is 36.7 Å². The van der Waals surface area contributed by atoms with Gasteiger partial charge in [-0.1, -0.05) is 76.9 Å². The van der Waals surface area contributed by atoms with Crippen molar-refractivity contribution >= 4 is 50.9 Å². The minimum Gasteiger partial charge on any atom is -0.358 e. The fourth-order valence-electron chi connectivity index (χ4n) is 8.08. The number of ketones is 2. The number of nitrogens with zero attached hydrogens (tertiary/aromatic N) is 1. The molecule has 12 heteroatoms. The smallest absolute Gasteiger partial charge is 0.358 e. The summed E-state index contributed by atoms with van der Waals surface area (Å²) in [6, 6.07) is 18.8. The third kappa shape index (κ3) is 8.95. The van der Waals surface area contributed by atoms with Crippen molar-refractivity contribution in [2.45, 2.75) is 90.8 Å². The van der Waals surface area contributed by atoms with Crippen LogP contribution in [0.4, 0.5) is 23.2 Å². The Morgan fingerprint density at radius 3 is 2.30 bits per heavy atom. The van der Waals surface area contributed by atoms with Gasteiger partial charge >= 0.3 is 6.18 Å². The van der Waals surface area contributed by atoms with Gasteiger partial charge in [0.15, 0.2) is 5.78 Å². The van der Waals surface area contributed by atoms with E-state index in [2.05, 4.69) is 20.6 Å². The van der Waals surface area contributed by atoms with Crippen LogP contribution in [0.15, 0.2) is 79.0 Å². The summed E-state index contributed by atoms with van der Waals surface area (Å²) >= 11 is 0. The van der Waals surface area contributed by atoms with Crippen molar-refractivity contribution in [3.05, 3.63) is 107 Å². The average Bonchev–Trinajstić information content (AvgIpc) is 3.56. The van der Waals surface area contributed by atoms with Crippen LogP contribution in [0.25, 0.3) is 21.8 Å². The monoisotopic (exact) mass is 784 g/mol. The molecule has 2 aromatic heterocycles.